The van der Waals surface area contributed by atoms with Crippen molar-refractivity contribution in [3.63, 3.8) is 0 Å². The third-order valence-electron chi connectivity index (χ3n) is 3.93. The molecule has 31 heavy (non-hydrogen) atoms. The molecule has 0 radical (unpaired) electrons. The Morgan fingerprint density at radius 2 is 1.97 bits per heavy atom. The zero-order valence-corrected chi connectivity index (χ0v) is 18.5. The molecule has 1 aromatic heterocycles. The highest BCUT2D eigenvalue weighted by molar-refractivity contribution is 7.14. The van der Waals surface area contributed by atoms with E-state index in [0.29, 0.717) is 23.2 Å². The molecule has 0 atom stereocenters. The molecule has 8 heteroatoms. The van der Waals surface area contributed by atoms with Gasteiger partial charge in [-0.25, -0.2) is 9.78 Å². The number of hydrogen-bond donors (Lipinski definition) is 1. The molecular formula is C23H25N3O4S. The molecule has 0 saturated carbocycles. The molecule has 0 amide bonds. The van der Waals surface area contributed by atoms with Gasteiger partial charge in [-0.15, -0.1) is 11.3 Å². The number of rotatable bonds is 10. The molecule has 0 unspecified atom stereocenters. The zero-order chi connectivity index (χ0) is 22.1. The molecule has 162 valence electrons. The van der Waals surface area contributed by atoms with Gasteiger partial charge < -0.3 is 14.2 Å². The highest BCUT2D eigenvalue weighted by Gasteiger charge is 2.11. The van der Waals surface area contributed by atoms with Gasteiger partial charge in [0.2, 0.25) is 5.13 Å². The van der Waals surface area contributed by atoms with Gasteiger partial charge >= 0.3 is 5.97 Å². The Bertz CT molecular complexity index is 1020. The fourth-order valence-corrected chi connectivity index (χ4v) is 3.32. The van der Waals surface area contributed by atoms with Gasteiger partial charge in [0.25, 0.3) is 0 Å². The van der Waals surface area contributed by atoms with Crippen LogP contribution in [0.25, 0.3) is 11.3 Å². The smallest absolute Gasteiger partial charge is 0.344 e. The molecule has 0 fully saturated rings. The predicted octanol–water partition coefficient (Wildman–Crippen LogP) is 4.99. The van der Waals surface area contributed by atoms with Crippen molar-refractivity contribution in [3.05, 3.63) is 59.5 Å². The van der Waals surface area contributed by atoms with Gasteiger partial charge in [0.05, 0.1) is 24.6 Å². The molecule has 3 rings (SSSR count). The van der Waals surface area contributed by atoms with E-state index in [4.69, 9.17) is 14.2 Å². The van der Waals surface area contributed by atoms with Crippen molar-refractivity contribution >= 4 is 28.7 Å². The average Bonchev–Trinajstić information content (AvgIpc) is 3.22. The number of ether oxygens (including phenoxy) is 3. The average molecular weight is 440 g/mol. The van der Waals surface area contributed by atoms with Gasteiger partial charge in [0, 0.05) is 10.9 Å². The van der Waals surface area contributed by atoms with Gasteiger partial charge in [-0.05, 0) is 44.5 Å². The van der Waals surface area contributed by atoms with Crippen molar-refractivity contribution < 1.29 is 19.0 Å². The van der Waals surface area contributed by atoms with Crippen LogP contribution in [-0.2, 0) is 9.53 Å². The standard InChI is InChI=1S/C23H25N3O4S/c1-4-28-21-12-17(10-11-20(21)29-14-22(27)30-16(2)3)13-24-26-23-25-19(15-31-23)18-8-6-5-7-9-18/h5-13,15-16H,4,14H2,1-3H3,(H,25,26). The molecule has 2 aromatic carbocycles. The largest absolute Gasteiger partial charge is 0.490 e. The minimum atomic E-state index is -0.425. The number of nitrogens with zero attached hydrogens (tertiary/aromatic N) is 2. The monoisotopic (exact) mass is 439 g/mol. The summed E-state index contributed by atoms with van der Waals surface area (Å²) < 4.78 is 16.3. The van der Waals surface area contributed by atoms with Crippen LogP contribution in [0.2, 0.25) is 0 Å². The van der Waals surface area contributed by atoms with Crippen LogP contribution in [0, 0.1) is 0 Å². The van der Waals surface area contributed by atoms with Crippen molar-refractivity contribution in [2.75, 3.05) is 18.6 Å². The number of nitrogens with one attached hydrogen (secondary N) is 1. The van der Waals surface area contributed by atoms with Gasteiger partial charge in [0.15, 0.2) is 18.1 Å². The number of esters is 1. The summed E-state index contributed by atoms with van der Waals surface area (Å²) in [6, 6.07) is 15.3. The van der Waals surface area contributed by atoms with E-state index < -0.39 is 5.97 Å². The summed E-state index contributed by atoms with van der Waals surface area (Å²) in [7, 11) is 0. The van der Waals surface area contributed by atoms with Crippen molar-refractivity contribution in [2.24, 2.45) is 5.10 Å². The lowest BCUT2D eigenvalue weighted by molar-refractivity contribution is -0.149. The van der Waals surface area contributed by atoms with Crippen molar-refractivity contribution in [1.29, 1.82) is 0 Å². The molecule has 7 nitrogen and oxygen atoms in total. The van der Waals surface area contributed by atoms with Crippen LogP contribution in [0.5, 0.6) is 11.5 Å². The third kappa shape index (κ3) is 6.82. The molecule has 3 aromatic rings. The Kier molecular flexibility index (Phi) is 8.00. The summed E-state index contributed by atoms with van der Waals surface area (Å²) >= 11 is 1.48. The number of hydrazone groups is 1. The maximum atomic E-state index is 11.7. The van der Waals surface area contributed by atoms with E-state index in [1.54, 1.807) is 32.2 Å². The quantitative estimate of drug-likeness (QED) is 0.272. The van der Waals surface area contributed by atoms with Crippen LogP contribution in [0.1, 0.15) is 26.3 Å². The summed E-state index contributed by atoms with van der Waals surface area (Å²) in [5, 5.41) is 6.94. The molecule has 0 aliphatic carbocycles. The van der Waals surface area contributed by atoms with Crippen LogP contribution in [-0.4, -0.2) is 36.5 Å². The van der Waals surface area contributed by atoms with Crippen LogP contribution < -0.4 is 14.9 Å². The summed E-state index contributed by atoms with van der Waals surface area (Å²) in [6.07, 6.45) is 1.48. The summed E-state index contributed by atoms with van der Waals surface area (Å²) in [5.74, 6) is 0.579. The second kappa shape index (κ2) is 11.1. The summed E-state index contributed by atoms with van der Waals surface area (Å²) in [4.78, 5) is 16.2. The first-order valence-electron chi connectivity index (χ1n) is 9.94. The predicted molar refractivity (Wildman–Crippen MR) is 123 cm³/mol. The Labute approximate surface area is 185 Å². The maximum absolute atomic E-state index is 11.7. The lowest BCUT2D eigenvalue weighted by Crippen LogP contribution is -2.19. The van der Waals surface area contributed by atoms with Gasteiger partial charge in [-0.2, -0.15) is 5.10 Å². The van der Waals surface area contributed by atoms with Gasteiger partial charge in [0.1, 0.15) is 0 Å². The van der Waals surface area contributed by atoms with Crippen LogP contribution in [0.15, 0.2) is 59.0 Å². The first kappa shape index (κ1) is 22.3. The highest BCUT2D eigenvalue weighted by Crippen LogP contribution is 2.28. The topological polar surface area (TPSA) is 82.0 Å². The van der Waals surface area contributed by atoms with Crippen LogP contribution in [0.3, 0.4) is 0 Å². The Morgan fingerprint density at radius 3 is 2.71 bits per heavy atom. The Balaban J connectivity index is 1.62. The number of carbonyl (C=O) groups is 1. The highest BCUT2D eigenvalue weighted by atomic mass is 32.1. The number of hydrogen-bond acceptors (Lipinski definition) is 8. The number of anilines is 1. The summed E-state index contributed by atoms with van der Waals surface area (Å²) in [5.41, 5.74) is 5.73. The van der Waals surface area contributed by atoms with E-state index in [-0.39, 0.29) is 12.7 Å². The Hall–Kier alpha value is -3.39. The van der Waals surface area contributed by atoms with Gasteiger partial charge in [-0.1, -0.05) is 30.3 Å². The normalized spacial score (nSPS) is 11.0. The number of carbonyl (C=O) groups excluding carboxylic acids is 1. The summed E-state index contributed by atoms with van der Waals surface area (Å²) in [6.45, 7) is 5.75. The molecule has 0 aliphatic heterocycles. The number of thiazole rings is 1. The second-order valence-electron chi connectivity index (χ2n) is 6.74. The van der Waals surface area contributed by atoms with E-state index in [9.17, 15) is 4.79 Å². The fraction of sp³-hybridized carbons (Fsp3) is 0.261. The van der Waals surface area contributed by atoms with Crippen molar-refractivity contribution in [3.8, 4) is 22.8 Å². The van der Waals surface area contributed by atoms with E-state index in [1.807, 2.05) is 48.7 Å². The molecule has 0 bridgehead atoms. The first-order chi connectivity index (χ1) is 15.0. The van der Waals surface area contributed by atoms with Gasteiger partial charge in [-0.3, -0.25) is 5.43 Å². The third-order valence-corrected chi connectivity index (χ3v) is 4.67. The van der Waals surface area contributed by atoms with E-state index in [1.165, 1.54) is 11.3 Å². The number of aromatic nitrogens is 1. The van der Waals surface area contributed by atoms with Crippen molar-refractivity contribution in [2.45, 2.75) is 26.9 Å². The number of benzene rings is 2. The SMILES string of the molecule is CCOc1cc(C=NNc2nc(-c3ccccc3)cs2)ccc1OCC(=O)OC(C)C. The lowest BCUT2D eigenvalue weighted by Gasteiger charge is -2.13. The van der Waals surface area contributed by atoms with E-state index in [2.05, 4.69) is 15.5 Å². The molecule has 1 heterocycles. The van der Waals surface area contributed by atoms with E-state index in [0.717, 1.165) is 16.8 Å². The minimum Gasteiger partial charge on any atom is -0.490 e. The van der Waals surface area contributed by atoms with Crippen LogP contribution >= 0.6 is 11.3 Å². The van der Waals surface area contributed by atoms with Crippen LogP contribution in [0.4, 0.5) is 5.13 Å². The molecule has 0 saturated heterocycles. The Morgan fingerprint density at radius 1 is 1.16 bits per heavy atom. The lowest BCUT2D eigenvalue weighted by atomic mass is 10.2. The minimum absolute atomic E-state index is 0.180. The van der Waals surface area contributed by atoms with E-state index >= 15 is 0 Å². The first-order valence-corrected chi connectivity index (χ1v) is 10.8. The molecule has 0 spiro atoms. The second-order valence-corrected chi connectivity index (χ2v) is 7.60. The molecule has 0 aliphatic rings. The maximum Gasteiger partial charge on any atom is 0.344 e. The fourth-order valence-electron chi connectivity index (χ4n) is 2.65. The zero-order valence-electron chi connectivity index (χ0n) is 17.7. The molecular weight excluding hydrogens is 414 g/mol. The van der Waals surface area contributed by atoms with Crippen molar-refractivity contribution in [1.82, 2.24) is 4.98 Å². The molecule has 1 N–H and O–H groups in total.